The van der Waals surface area contributed by atoms with Crippen LogP contribution in [0.4, 0.5) is 0 Å². The van der Waals surface area contributed by atoms with E-state index >= 15 is 0 Å². The summed E-state index contributed by atoms with van der Waals surface area (Å²) in [5.74, 6) is -0.952. The smallest absolute Gasteiger partial charge is 0.352 e. The highest BCUT2D eigenvalue weighted by molar-refractivity contribution is 5.86. The summed E-state index contributed by atoms with van der Waals surface area (Å²) >= 11 is 0. The van der Waals surface area contributed by atoms with Crippen LogP contribution < -0.4 is 0 Å². The number of pyridine rings is 1. The number of carboxylic acids is 1. The van der Waals surface area contributed by atoms with Crippen LogP contribution in [0.2, 0.25) is 0 Å². The number of aromatic nitrogens is 2. The molecule has 1 unspecified atom stereocenters. The van der Waals surface area contributed by atoms with Gasteiger partial charge < -0.3 is 9.84 Å². The number of imidazole rings is 1. The molecule has 0 aliphatic carbocycles. The number of hydrogen-bond acceptors (Lipinski definition) is 3. The maximum Gasteiger partial charge on any atom is 0.352 e. The van der Waals surface area contributed by atoms with E-state index in [2.05, 4.69) is 4.98 Å². The monoisotopic (exact) mass is 232 g/mol. The van der Waals surface area contributed by atoms with Gasteiger partial charge in [-0.05, 0) is 25.0 Å². The predicted molar refractivity (Wildman–Crippen MR) is 60.1 cm³/mol. The minimum absolute atomic E-state index is 0.0107. The molecule has 88 valence electrons. The number of rotatable bonds is 2. The standard InChI is InChI=1S/C12H12N2O3/c15-12(16)9-3-1-5-11-13-8(7-14(9)11)10-4-2-6-17-10/h1,3,5,7,10H,2,4,6H2,(H,15,16). The first-order valence-corrected chi connectivity index (χ1v) is 5.58. The van der Waals surface area contributed by atoms with Gasteiger partial charge in [0.25, 0.3) is 0 Å². The molecule has 2 aromatic rings. The maximum absolute atomic E-state index is 11.1. The molecule has 17 heavy (non-hydrogen) atoms. The SMILES string of the molecule is O=C(O)c1cccc2nc(C3CCCO3)cn12. The Morgan fingerprint density at radius 2 is 2.41 bits per heavy atom. The Kier molecular flexibility index (Phi) is 2.33. The lowest BCUT2D eigenvalue weighted by Crippen LogP contribution is -2.03. The topological polar surface area (TPSA) is 63.8 Å². The van der Waals surface area contributed by atoms with Crippen LogP contribution in [-0.2, 0) is 4.74 Å². The van der Waals surface area contributed by atoms with E-state index in [0.29, 0.717) is 5.65 Å². The summed E-state index contributed by atoms with van der Waals surface area (Å²) in [6, 6.07) is 5.06. The Balaban J connectivity index is 2.11. The second kappa shape index (κ2) is 3.85. The fourth-order valence-electron chi connectivity index (χ4n) is 2.17. The molecule has 0 bridgehead atoms. The number of hydrogen-bond donors (Lipinski definition) is 1. The summed E-state index contributed by atoms with van der Waals surface area (Å²) in [5, 5.41) is 9.08. The van der Waals surface area contributed by atoms with Crippen molar-refractivity contribution in [3.05, 3.63) is 35.8 Å². The van der Waals surface area contributed by atoms with Crippen molar-refractivity contribution in [2.75, 3.05) is 6.61 Å². The van der Waals surface area contributed by atoms with E-state index in [1.807, 2.05) is 0 Å². The van der Waals surface area contributed by atoms with Crippen LogP contribution in [0.25, 0.3) is 5.65 Å². The van der Waals surface area contributed by atoms with Crippen LogP contribution in [0.1, 0.15) is 35.1 Å². The molecule has 1 saturated heterocycles. The lowest BCUT2D eigenvalue weighted by molar-refractivity contribution is 0.0688. The summed E-state index contributed by atoms with van der Waals surface area (Å²) in [5.41, 5.74) is 1.69. The summed E-state index contributed by atoms with van der Waals surface area (Å²) in [6.45, 7) is 0.754. The zero-order chi connectivity index (χ0) is 11.8. The molecular weight excluding hydrogens is 220 g/mol. The normalized spacial score (nSPS) is 19.9. The van der Waals surface area contributed by atoms with Gasteiger partial charge in [-0.15, -0.1) is 0 Å². The van der Waals surface area contributed by atoms with E-state index in [1.54, 1.807) is 28.8 Å². The number of nitrogens with zero attached hydrogens (tertiary/aromatic N) is 2. The highest BCUT2D eigenvalue weighted by atomic mass is 16.5. The number of ether oxygens (including phenoxy) is 1. The molecule has 1 atom stereocenters. The average molecular weight is 232 g/mol. The summed E-state index contributed by atoms with van der Waals surface area (Å²) < 4.78 is 7.14. The summed E-state index contributed by atoms with van der Waals surface area (Å²) in [4.78, 5) is 15.5. The Labute approximate surface area is 97.7 Å². The third kappa shape index (κ3) is 1.68. The predicted octanol–water partition coefficient (Wildman–Crippen LogP) is 1.88. The van der Waals surface area contributed by atoms with Crippen LogP contribution in [-0.4, -0.2) is 27.1 Å². The summed E-state index contributed by atoms with van der Waals surface area (Å²) in [7, 11) is 0. The van der Waals surface area contributed by atoms with Gasteiger partial charge in [0.15, 0.2) is 0 Å². The first-order valence-electron chi connectivity index (χ1n) is 5.58. The van der Waals surface area contributed by atoms with Crippen LogP contribution >= 0.6 is 0 Å². The zero-order valence-electron chi connectivity index (χ0n) is 9.17. The number of carboxylic acid groups (broad SMARTS) is 1. The van der Waals surface area contributed by atoms with Gasteiger partial charge in [0.2, 0.25) is 0 Å². The second-order valence-corrected chi connectivity index (χ2v) is 4.11. The van der Waals surface area contributed by atoms with E-state index in [9.17, 15) is 4.79 Å². The van der Waals surface area contributed by atoms with E-state index in [4.69, 9.17) is 9.84 Å². The van der Waals surface area contributed by atoms with Gasteiger partial charge in [0.05, 0.1) is 5.69 Å². The first kappa shape index (κ1) is 10.3. The number of carbonyl (C=O) groups is 1. The molecule has 5 nitrogen and oxygen atoms in total. The molecule has 5 heteroatoms. The van der Waals surface area contributed by atoms with Crippen molar-refractivity contribution in [1.29, 1.82) is 0 Å². The van der Waals surface area contributed by atoms with Gasteiger partial charge in [0.1, 0.15) is 17.4 Å². The van der Waals surface area contributed by atoms with Gasteiger partial charge >= 0.3 is 5.97 Å². The molecule has 0 radical (unpaired) electrons. The van der Waals surface area contributed by atoms with Crippen molar-refractivity contribution in [1.82, 2.24) is 9.38 Å². The van der Waals surface area contributed by atoms with Gasteiger partial charge in [-0.2, -0.15) is 0 Å². The molecule has 1 N–H and O–H groups in total. The molecule has 2 aromatic heterocycles. The second-order valence-electron chi connectivity index (χ2n) is 4.11. The maximum atomic E-state index is 11.1. The first-order chi connectivity index (χ1) is 8.25. The Morgan fingerprint density at radius 3 is 3.12 bits per heavy atom. The molecule has 0 aromatic carbocycles. The molecule has 3 rings (SSSR count). The quantitative estimate of drug-likeness (QED) is 0.858. The third-order valence-corrected chi connectivity index (χ3v) is 2.99. The fraction of sp³-hybridized carbons (Fsp3) is 0.333. The van der Waals surface area contributed by atoms with E-state index < -0.39 is 5.97 Å². The van der Waals surface area contributed by atoms with Gasteiger partial charge in [-0.1, -0.05) is 6.07 Å². The molecular formula is C12H12N2O3. The van der Waals surface area contributed by atoms with Crippen LogP contribution in [0.15, 0.2) is 24.4 Å². The minimum Gasteiger partial charge on any atom is -0.477 e. The number of aromatic carboxylic acids is 1. The largest absolute Gasteiger partial charge is 0.477 e. The Hall–Kier alpha value is -1.88. The van der Waals surface area contributed by atoms with Crippen molar-refractivity contribution in [2.24, 2.45) is 0 Å². The van der Waals surface area contributed by atoms with Gasteiger partial charge in [-0.25, -0.2) is 9.78 Å². The van der Waals surface area contributed by atoms with E-state index in [1.165, 1.54) is 0 Å². The lowest BCUT2D eigenvalue weighted by atomic mass is 10.2. The van der Waals surface area contributed by atoms with Crippen LogP contribution in [0, 0.1) is 0 Å². The zero-order valence-corrected chi connectivity index (χ0v) is 9.17. The fourth-order valence-corrected chi connectivity index (χ4v) is 2.17. The van der Waals surface area contributed by atoms with E-state index in [0.717, 1.165) is 25.1 Å². The van der Waals surface area contributed by atoms with Crippen molar-refractivity contribution < 1.29 is 14.6 Å². The molecule has 1 aliphatic rings. The minimum atomic E-state index is -0.952. The van der Waals surface area contributed by atoms with Crippen molar-refractivity contribution in [3.63, 3.8) is 0 Å². The van der Waals surface area contributed by atoms with Crippen LogP contribution in [0.3, 0.4) is 0 Å². The number of fused-ring (bicyclic) bond motifs is 1. The highest BCUT2D eigenvalue weighted by Crippen LogP contribution is 2.28. The van der Waals surface area contributed by atoms with Crippen molar-refractivity contribution in [3.8, 4) is 0 Å². The van der Waals surface area contributed by atoms with Gasteiger partial charge in [0, 0.05) is 12.8 Å². The van der Waals surface area contributed by atoms with Gasteiger partial charge in [-0.3, -0.25) is 4.40 Å². The Morgan fingerprint density at radius 1 is 1.53 bits per heavy atom. The highest BCUT2D eigenvalue weighted by Gasteiger charge is 2.21. The molecule has 0 amide bonds. The molecule has 1 fully saturated rings. The molecule has 1 aliphatic heterocycles. The lowest BCUT2D eigenvalue weighted by Gasteiger charge is -2.03. The molecule has 0 saturated carbocycles. The van der Waals surface area contributed by atoms with Crippen molar-refractivity contribution in [2.45, 2.75) is 18.9 Å². The third-order valence-electron chi connectivity index (χ3n) is 2.99. The van der Waals surface area contributed by atoms with Crippen molar-refractivity contribution >= 4 is 11.6 Å². The van der Waals surface area contributed by atoms with Crippen LogP contribution in [0.5, 0.6) is 0 Å². The average Bonchev–Trinajstić information content (AvgIpc) is 2.96. The Bertz CT molecular complexity index is 570. The molecule has 3 heterocycles. The van der Waals surface area contributed by atoms with E-state index in [-0.39, 0.29) is 11.8 Å². The molecule has 0 spiro atoms. The summed E-state index contributed by atoms with van der Waals surface area (Å²) in [6.07, 6.45) is 3.75.